The van der Waals surface area contributed by atoms with Crippen LogP contribution in [0.5, 0.6) is 11.8 Å². The monoisotopic (exact) mass is 446 g/mol. The van der Waals surface area contributed by atoms with Gasteiger partial charge in [-0.2, -0.15) is 4.98 Å². The number of aryl methyl sites for hydroxylation is 2. The number of methoxy groups -OCH3 is 1. The molecule has 0 bridgehead atoms. The Kier molecular flexibility index (Phi) is 6.74. The first kappa shape index (κ1) is 21.8. The normalized spacial score (nSPS) is 11.5. The molecule has 2 aromatic heterocycles. The molecule has 0 unspecified atom stereocenters. The predicted octanol–water partition coefficient (Wildman–Crippen LogP) is 5.01. The molecule has 0 spiro atoms. The lowest BCUT2D eigenvalue weighted by Gasteiger charge is -2.13. The fraction of sp³-hybridized carbons (Fsp3) is 0.238. The van der Waals surface area contributed by atoms with Gasteiger partial charge in [0.15, 0.2) is 0 Å². The topological polar surface area (TPSA) is 79.1 Å². The van der Waals surface area contributed by atoms with Crippen molar-refractivity contribution in [2.45, 2.75) is 27.3 Å². The second-order valence-corrected chi connectivity index (χ2v) is 7.20. The van der Waals surface area contributed by atoms with Crippen LogP contribution < -0.4 is 4.74 Å². The number of halogens is 2. The van der Waals surface area contributed by atoms with Gasteiger partial charge in [-0.15, -0.1) is 5.10 Å². The summed E-state index contributed by atoms with van der Waals surface area (Å²) in [5, 5.41) is 5.53. The van der Waals surface area contributed by atoms with E-state index in [-0.39, 0.29) is 5.88 Å². The second-order valence-electron chi connectivity index (χ2n) is 6.38. The van der Waals surface area contributed by atoms with E-state index in [1.165, 1.54) is 7.11 Å². The van der Waals surface area contributed by atoms with Crippen molar-refractivity contribution in [2.75, 3.05) is 7.11 Å². The number of esters is 1. The van der Waals surface area contributed by atoms with Crippen LogP contribution in [0.3, 0.4) is 0 Å². The molecular formula is C21H20Cl2N4O3. The third kappa shape index (κ3) is 4.63. The molecule has 7 nitrogen and oxygen atoms in total. The molecule has 0 aliphatic rings. The van der Waals surface area contributed by atoms with Crippen molar-refractivity contribution in [3.63, 3.8) is 0 Å². The van der Waals surface area contributed by atoms with E-state index in [0.717, 1.165) is 5.56 Å². The number of nitrogens with zero attached hydrogens (tertiary/aromatic N) is 4. The molecule has 0 amide bonds. The minimum absolute atomic E-state index is 0.222. The molecule has 0 aliphatic carbocycles. The van der Waals surface area contributed by atoms with Crippen molar-refractivity contribution in [1.82, 2.24) is 19.7 Å². The van der Waals surface area contributed by atoms with E-state index in [1.54, 1.807) is 62.0 Å². The van der Waals surface area contributed by atoms with E-state index in [2.05, 4.69) is 15.1 Å². The number of rotatable bonds is 6. The van der Waals surface area contributed by atoms with Gasteiger partial charge in [0.25, 0.3) is 0 Å². The Morgan fingerprint density at radius 1 is 1.17 bits per heavy atom. The summed E-state index contributed by atoms with van der Waals surface area (Å²) in [7, 11) is 1.32. The Hall–Kier alpha value is -2.90. The summed E-state index contributed by atoms with van der Waals surface area (Å²) in [4.78, 5) is 20.9. The zero-order valence-electron chi connectivity index (χ0n) is 16.9. The number of aromatic nitrogens is 4. The Bertz CT molecular complexity index is 1110. The average molecular weight is 447 g/mol. The molecule has 9 heteroatoms. The minimum Gasteiger partial charge on any atom is -0.465 e. The van der Waals surface area contributed by atoms with Crippen LogP contribution in [0.2, 0.25) is 10.0 Å². The number of carbonyl (C=O) groups is 1. The molecular weight excluding hydrogens is 427 g/mol. The van der Waals surface area contributed by atoms with Crippen molar-refractivity contribution in [1.29, 1.82) is 0 Å². The molecule has 1 aromatic carbocycles. The van der Waals surface area contributed by atoms with E-state index in [4.69, 9.17) is 32.7 Å². The first-order chi connectivity index (χ1) is 14.3. The number of benzene rings is 1. The zero-order chi connectivity index (χ0) is 21.8. The quantitative estimate of drug-likeness (QED) is 0.390. The summed E-state index contributed by atoms with van der Waals surface area (Å²) in [5.74, 6) is 0.530. The van der Waals surface area contributed by atoms with Crippen LogP contribution in [0.1, 0.15) is 29.6 Å². The van der Waals surface area contributed by atoms with Crippen LogP contribution in [0.15, 0.2) is 36.5 Å². The lowest BCUT2D eigenvalue weighted by Crippen LogP contribution is -2.10. The van der Waals surface area contributed by atoms with Crippen LogP contribution in [0.25, 0.3) is 5.57 Å². The molecule has 0 saturated heterocycles. The molecule has 156 valence electrons. The number of hydrogen-bond donors (Lipinski definition) is 0. The Morgan fingerprint density at radius 3 is 2.50 bits per heavy atom. The summed E-state index contributed by atoms with van der Waals surface area (Å²) in [6.45, 7) is 5.63. The second kappa shape index (κ2) is 9.28. The highest BCUT2D eigenvalue weighted by molar-refractivity contribution is 6.36. The van der Waals surface area contributed by atoms with Crippen LogP contribution in [0, 0.1) is 13.8 Å². The highest BCUT2D eigenvalue weighted by Crippen LogP contribution is 2.31. The highest BCUT2D eigenvalue weighted by atomic mass is 35.5. The van der Waals surface area contributed by atoms with E-state index in [0.29, 0.717) is 45.1 Å². The number of carbonyl (C=O) groups excluding carboxylic acids is 1. The molecule has 2 heterocycles. The van der Waals surface area contributed by atoms with Crippen molar-refractivity contribution in [3.05, 3.63) is 69.2 Å². The predicted molar refractivity (Wildman–Crippen MR) is 115 cm³/mol. The van der Waals surface area contributed by atoms with Crippen molar-refractivity contribution in [3.8, 4) is 11.8 Å². The average Bonchev–Trinajstić information content (AvgIpc) is 3.14. The lowest BCUT2D eigenvalue weighted by molar-refractivity contribution is -0.133. The Balaban J connectivity index is 1.93. The summed E-state index contributed by atoms with van der Waals surface area (Å²) in [5.41, 5.74) is 2.12. The maximum absolute atomic E-state index is 12.2. The molecule has 0 fully saturated rings. The van der Waals surface area contributed by atoms with Gasteiger partial charge in [-0.1, -0.05) is 35.3 Å². The van der Waals surface area contributed by atoms with Gasteiger partial charge in [0.1, 0.15) is 5.82 Å². The van der Waals surface area contributed by atoms with Crippen molar-refractivity contribution < 1.29 is 14.3 Å². The maximum atomic E-state index is 12.2. The van der Waals surface area contributed by atoms with Crippen LogP contribution in [-0.2, 0) is 16.1 Å². The van der Waals surface area contributed by atoms with E-state index in [9.17, 15) is 4.79 Å². The zero-order valence-corrected chi connectivity index (χ0v) is 18.5. The number of hydrogen-bond acceptors (Lipinski definition) is 6. The molecule has 0 atom stereocenters. The van der Waals surface area contributed by atoms with Gasteiger partial charge in [-0.3, -0.25) is 4.68 Å². The minimum atomic E-state index is -0.503. The number of ether oxygens (including phenoxy) is 2. The van der Waals surface area contributed by atoms with Crippen LogP contribution in [0.4, 0.5) is 0 Å². The SMILES string of the molecule is CC=C(C(=O)OC)c1c(C)nc(C)nc1Oc1ccn(Cc2c(Cl)cccc2Cl)n1. The standard InChI is InChI=1S/C21H20Cl2N4O3/c1-5-14(21(28)29-4)19-12(2)24-13(3)25-20(19)30-18-9-10-27(26-18)11-15-16(22)7-6-8-17(15)23/h5-10H,11H2,1-4H3. The van der Waals surface area contributed by atoms with Crippen molar-refractivity contribution in [2.24, 2.45) is 0 Å². The fourth-order valence-corrected chi connectivity index (χ4v) is 3.49. The van der Waals surface area contributed by atoms with Crippen LogP contribution in [-0.4, -0.2) is 32.8 Å². The first-order valence-electron chi connectivity index (χ1n) is 9.08. The maximum Gasteiger partial charge on any atom is 0.338 e. The largest absolute Gasteiger partial charge is 0.465 e. The summed E-state index contributed by atoms with van der Waals surface area (Å²) in [6, 6.07) is 7.02. The lowest BCUT2D eigenvalue weighted by atomic mass is 10.1. The van der Waals surface area contributed by atoms with Gasteiger partial charge in [0, 0.05) is 27.9 Å². The van der Waals surface area contributed by atoms with Gasteiger partial charge in [0.2, 0.25) is 11.8 Å². The van der Waals surface area contributed by atoms with E-state index >= 15 is 0 Å². The molecule has 30 heavy (non-hydrogen) atoms. The summed E-state index contributed by atoms with van der Waals surface area (Å²) >= 11 is 12.5. The highest BCUT2D eigenvalue weighted by Gasteiger charge is 2.22. The van der Waals surface area contributed by atoms with E-state index < -0.39 is 5.97 Å². The summed E-state index contributed by atoms with van der Waals surface area (Å²) in [6.07, 6.45) is 3.38. The van der Waals surface area contributed by atoms with Gasteiger partial charge in [-0.25, -0.2) is 9.78 Å². The van der Waals surface area contributed by atoms with Gasteiger partial charge >= 0.3 is 5.97 Å². The van der Waals surface area contributed by atoms with Crippen molar-refractivity contribution >= 4 is 34.7 Å². The Labute approximate surface area is 184 Å². The van der Waals surface area contributed by atoms with Gasteiger partial charge in [0.05, 0.1) is 30.5 Å². The Morgan fingerprint density at radius 2 is 1.87 bits per heavy atom. The molecule has 0 aliphatic heterocycles. The molecule has 0 radical (unpaired) electrons. The molecule has 3 rings (SSSR count). The van der Waals surface area contributed by atoms with Crippen LogP contribution >= 0.6 is 23.2 Å². The summed E-state index contributed by atoms with van der Waals surface area (Å²) < 4.78 is 12.5. The van der Waals surface area contributed by atoms with Gasteiger partial charge in [-0.05, 0) is 32.9 Å². The molecule has 0 saturated carbocycles. The molecule has 3 aromatic rings. The van der Waals surface area contributed by atoms with E-state index in [1.807, 2.05) is 0 Å². The fourth-order valence-electron chi connectivity index (χ4n) is 2.97. The smallest absolute Gasteiger partial charge is 0.338 e. The number of allylic oxidation sites excluding steroid dienone is 1. The third-order valence-corrected chi connectivity index (χ3v) is 5.04. The third-order valence-electron chi connectivity index (χ3n) is 4.33. The van der Waals surface area contributed by atoms with Gasteiger partial charge < -0.3 is 9.47 Å². The molecule has 0 N–H and O–H groups in total. The first-order valence-corrected chi connectivity index (χ1v) is 9.84.